The predicted octanol–water partition coefficient (Wildman–Crippen LogP) is 1.91. The SMILES string of the molecule is COC1(C(NN)c2ccnn2C)CCC(C)(C)CC1. The molecule has 1 aromatic heterocycles. The Morgan fingerprint density at radius 1 is 1.37 bits per heavy atom. The van der Waals surface area contributed by atoms with Gasteiger partial charge < -0.3 is 4.74 Å². The lowest BCUT2D eigenvalue weighted by molar-refractivity contribution is -0.0892. The molecule has 1 aliphatic carbocycles. The van der Waals surface area contributed by atoms with Crippen molar-refractivity contribution in [2.24, 2.45) is 18.3 Å². The van der Waals surface area contributed by atoms with Gasteiger partial charge in [-0.05, 0) is 37.2 Å². The number of hydrogen-bond acceptors (Lipinski definition) is 4. The van der Waals surface area contributed by atoms with Gasteiger partial charge in [-0.3, -0.25) is 10.5 Å². The lowest BCUT2D eigenvalue weighted by Crippen LogP contribution is -2.51. The normalized spacial score (nSPS) is 23.2. The third-order valence-electron chi connectivity index (χ3n) is 4.70. The number of rotatable bonds is 4. The number of nitrogens with two attached hydrogens (primary N) is 1. The van der Waals surface area contributed by atoms with Gasteiger partial charge in [-0.2, -0.15) is 5.10 Å². The van der Waals surface area contributed by atoms with Crippen molar-refractivity contribution < 1.29 is 4.74 Å². The maximum atomic E-state index is 5.92. The van der Waals surface area contributed by atoms with Gasteiger partial charge in [-0.25, -0.2) is 5.43 Å². The lowest BCUT2D eigenvalue weighted by Gasteiger charge is -2.46. The number of nitrogens with zero attached hydrogens (tertiary/aromatic N) is 2. The molecule has 0 spiro atoms. The second-order valence-electron chi connectivity index (χ2n) is 6.41. The molecule has 1 aliphatic rings. The molecule has 108 valence electrons. The molecular formula is C14H26N4O. The fourth-order valence-corrected chi connectivity index (χ4v) is 3.13. The second kappa shape index (κ2) is 5.23. The first-order valence-corrected chi connectivity index (χ1v) is 6.93. The minimum Gasteiger partial charge on any atom is -0.376 e. The summed E-state index contributed by atoms with van der Waals surface area (Å²) < 4.78 is 7.79. The molecule has 0 saturated heterocycles. The minimum atomic E-state index is -0.238. The molecule has 3 N–H and O–H groups in total. The van der Waals surface area contributed by atoms with Crippen molar-refractivity contribution in [2.45, 2.75) is 51.2 Å². The summed E-state index contributed by atoms with van der Waals surface area (Å²) in [6.45, 7) is 4.64. The van der Waals surface area contributed by atoms with Crippen LogP contribution in [0.5, 0.6) is 0 Å². The van der Waals surface area contributed by atoms with E-state index in [0.717, 1.165) is 31.4 Å². The van der Waals surface area contributed by atoms with Crippen LogP contribution in [0.15, 0.2) is 12.3 Å². The highest BCUT2D eigenvalue weighted by atomic mass is 16.5. The Labute approximate surface area is 115 Å². The van der Waals surface area contributed by atoms with E-state index in [1.807, 2.05) is 17.8 Å². The molecule has 1 aromatic rings. The Morgan fingerprint density at radius 3 is 2.42 bits per heavy atom. The zero-order valence-corrected chi connectivity index (χ0v) is 12.4. The largest absolute Gasteiger partial charge is 0.376 e. The van der Waals surface area contributed by atoms with Crippen LogP contribution >= 0.6 is 0 Å². The van der Waals surface area contributed by atoms with Crippen LogP contribution in [0.4, 0.5) is 0 Å². The maximum Gasteiger partial charge on any atom is 0.0918 e. The first-order chi connectivity index (χ1) is 8.94. The van der Waals surface area contributed by atoms with Gasteiger partial charge in [0, 0.05) is 20.4 Å². The highest BCUT2D eigenvalue weighted by Gasteiger charge is 2.45. The van der Waals surface area contributed by atoms with Crippen LogP contribution in [0.3, 0.4) is 0 Å². The van der Waals surface area contributed by atoms with E-state index in [9.17, 15) is 0 Å². The zero-order valence-electron chi connectivity index (χ0n) is 12.4. The van der Waals surface area contributed by atoms with E-state index in [2.05, 4.69) is 24.4 Å². The molecular weight excluding hydrogens is 240 g/mol. The summed E-state index contributed by atoms with van der Waals surface area (Å²) >= 11 is 0. The average Bonchev–Trinajstić information content (AvgIpc) is 2.79. The van der Waals surface area contributed by atoms with E-state index in [4.69, 9.17) is 10.6 Å². The summed E-state index contributed by atoms with van der Waals surface area (Å²) in [5.41, 5.74) is 4.18. The summed E-state index contributed by atoms with van der Waals surface area (Å²) in [6, 6.07) is 1.98. The fourth-order valence-electron chi connectivity index (χ4n) is 3.13. The molecule has 5 nitrogen and oxygen atoms in total. The van der Waals surface area contributed by atoms with Crippen LogP contribution in [0.25, 0.3) is 0 Å². The molecule has 1 unspecified atom stereocenters. The zero-order chi connectivity index (χ0) is 14.1. The van der Waals surface area contributed by atoms with Crippen molar-refractivity contribution in [1.29, 1.82) is 0 Å². The number of methoxy groups -OCH3 is 1. The van der Waals surface area contributed by atoms with Crippen LogP contribution in [0, 0.1) is 5.41 Å². The Bertz CT molecular complexity index is 417. The van der Waals surface area contributed by atoms with Gasteiger partial charge in [-0.15, -0.1) is 0 Å². The molecule has 0 aliphatic heterocycles. The third-order valence-corrected chi connectivity index (χ3v) is 4.70. The van der Waals surface area contributed by atoms with E-state index in [0.29, 0.717) is 5.41 Å². The summed E-state index contributed by atoms with van der Waals surface area (Å²) in [4.78, 5) is 0. The second-order valence-corrected chi connectivity index (χ2v) is 6.41. The smallest absolute Gasteiger partial charge is 0.0918 e. The molecule has 2 rings (SSSR count). The summed E-state index contributed by atoms with van der Waals surface area (Å²) in [6.07, 6.45) is 6.12. The van der Waals surface area contributed by atoms with Gasteiger partial charge in [0.05, 0.1) is 17.3 Å². The van der Waals surface area contributed by atoms with Crippen molar-refractivity contribution in [3.8, 4) is 0 Å². The van der Waals surface area contributed by atoms with E-state index >= 15 is 0 Å². The van der Waals surface area contributed by atoms with Crippen molar-refractivity contribution in [2.75, 3.05) is 7.11 Å². The minimum absolute atomic E-state index is 0.0268. The Balaban J connectivity index is 2.27. The quantitative estimate of drug-likeness (QED) is 0.645. The van der Waals surface area contributed by atoms with Crippen LogP contribution in [0.1, 0.15) is 51.3 Å². The van der Waals surface area contributed by atoms with Gasteiger partial charge in [-0.1, -0.05) is 13.8 Å². The Morgan fingerprint density at radius 2 is 2.00 bits per heavy atom. The Kier molecular flexibility index (Phi) is 3.99. The van der Waals surface area contributed by atoms with Crippen LogP contribution in [-0.2, 0) is 11.8 Å². The van der Waals surface area contributed by atoms with Gasteiger partial charge in [0.1, 0.15) is 0 Å². The summed E-state index contributed by atoms with van der Waals surface area (Å²) in [5, 5.41) is 4.24. The molecule has 1 fully saturated rings. The molecule has 5 heteroatoms. The molecule has 1 atom stereocenters. The van der Waals surface area contributed by atoms with Crippen molar-refractivity contribution >= 4 is 0 Å². The molecule has 0 radical (unpaired) electrons. The fraction of sp³-hybridized carbons (Fsp3) is 0.786. The van der Waals surface area contributed by atoms with E-state index < -0.39 is 0 Å². The van der Waals surface area contributed by atoms with E-state index in [1.54, 1.807) is 13.3 Å². The number of hydrogen-bond donors (Lipinski definition) is 2. The highest BCUT2D eigenvalue weighted by Crippen LogP contribution is 2.46. The molecule has 1 saturated carbocycles. The van der Waals surface area contributed by atoms with Gasteiger partial charge in [0.15, 0.2) is 0 Å². The average molecular weight is 266 g/mol. The van der Waals surface area contributed by atoms with E-state index in [1.165, 1.54) is 0 Å². The van der Waals surface area contributed by atoms with E-state index in [-0.39, 0.29) is 11.6 Å². The summed E-state index contributed by atoms with van der Waals surface area (Å²) in [7, 11) is 3.73. The number of nitrogens with one attached hydrogen (secondary N) is 1. The van der Waals surface area contributed by atoms with Crippen molar-refractivity contribution in [1.82, 2.24) is 15.2 Å². The lowest BCUT2D eigenvalue weighted by atomic mass is 9.68. The predicted molar refractivity (Wildman–Crippen MR) is 75.3 cm³/mol. The van der Waals surface area contributed by atoms with Crippen LogP contribution in [-0.4, -0.2) is 22.5 Å². The van der Waals surface area contributed by atoms with Gasteiger partial charge in [0.2, 0.25) is 0 Å². The molecule has 0 aromatic carbocycles. The first-order valence-electron chi connectivity index (χ1n) is 6.93. The Hall–Kier alpha value is -0.910. The summed E-state index contributed by atoms with van der Waals surface area (Å²) in [5.74, 6) is 5.82. The van der Waals surface area contributed by atoms with Gasteiger partial charge in [0.25, 0.3) is 0 Å². The van der Waals surface area contributed by atoms with Crippen molar-refractivity contribution in [3.63, 3.8) is 0 Å². The van der Waals surface area contributed by atoms with Gasteiger partial charge >= 0.3 is 0 Å². The monoisotopic (exact) mass is 266 g/mol. The highest BCUT2D eigenvalue weighted by molar-refractivity contribution is 5.14. The first kappa shape index (κ1) is 14.5. The molecule has 0 bridgehead atoms. The van der Waals surface area contributed by atoms with Crippen LogP contribution in [0.2, 0.25) is 0 Å². The van der Waals surface area contributed by atoms with Crippen LogP contribution < -0.4 is 11.3 Å². The number of hydrazine groups is 1. The third kappa shape index (κ3) is 2.68. The molecule has 0 amide bonds. The number of aryl methyl sites for hydroxylation is 1. The molecule has 19 heavy (non-hydrogen) atoms. The topological polar surface area (TPSA) is 65.1 Å². The van der Waals surface area contributed by atoms with Crippen molar-refractivity contribution in [3.05, 3.63) is 18.0 Å². The standard InChI is InChI=1S/C14H26N4O/c1-13(2)6-8-14(19-4,9-7-13)12(17-15)11-5-10-16-18(11)3/h5,10,12,17H,6-9,15H2,1-4H3. The molecule has 1 heterocycles. The number of ether oxygens (including phenoxy) is 1. The number of aromatic nitrogens is 2. The maximum absolute atomic E-state index is 5.92.